The summed E-state index contributed by atoms with van der Waals surface area (Å²) in [5, 5.41) is 11.6. The lowest BCUT2D eigenvalue weighted by atomic mass is 9.89. The van der Waals surface area contributed by atoms with Crippen molar-refractivity contribution >= 4 is 16.7 Å². The van der Waals surface area contributed by atoms with Crippen LogP contribution in [0.2, 0.25) is 0 Å². The lowest BCUT2D eigenvalue weighted by Crippen LogP contribution is -2.22. The molecule has 2 rings (SSSR count). The SMILES string of the molecule is CC(C)C(Cc1ccc2ccccc2c1)C(=O)O. The van der Waals surface area contributed by atoms with Crippen molar-refractivity contribution in [3.8, 4) is 0 Å². The fraction of sp³-hybridized carbons (Fsp3) is 0.312. The minimum Gasteiger partial charge on any atom is -0.481 e. The molecule has 0 fully saturated rings. The fourth-order valence-corrected chi connectivity index (χ4v) is 2.23. The number of aliphatic carboxylic acids is 1. The molecule has 1 unspecified atom stereocenters. The van der Waals surface area contributed by atoms with Gasteiger partial charge in [-0.05, 0) is 28.7 Å². The van der Waals surface area contributed by atoms with Gasteiger partial charge in [0, 0.05) is 0 Å². The maximum absolute atomic E-state index is 11.2. The lowest BCUT2D eigenvalue weighted by molar-refractivity contribution is -0.143. The van der Waals surface area contributed by atoms with Crippen LogP contribution in [0, 0.1) is 11.8 Å². The number of hydrogen-bond acceptors (Lipinski definition) is 1. The Hall–Kier alpha value is -1.83. The molecule has 18 heavy (non-hydrogen) atoms. The highest BCUT2D eigenvalue weighted by Gasteiger charge is 2.21. The summed E-state index contributed by atoms with van der Waals surface area (Å²) in [5.74, 6) is -0.877. The maximum Gasteiger partial charge on any atom is 0.307 e. The first-order valence-corrected chi connectivity index (χ1v) is 6.28. The van der Waals surface area contributed by atoms with Crippen LogP contribution in [0.3, 0.4) is 0 Å². The molecule has 0 aliphatic heterocycles. The zero-order chi connectivity index (χ0) is 13.1. The Morgan fingerprint density at radius 2 is 1.78 bits per heavy atom. The summed E-state index contributed by atoms with van der Waals surface area (Å²) in [6.45, 7) is 3.92. The van der Waals surface area contributed by atoms with Gasteiger partial charge in [-0.2, -0.15) is 0 Å². The molecule has 0 aromatic heterocycles. The monoisotopic (exact) mass is 242 g/mol. The van der Waals surface area contributed by atoms with Crippen molar-refractivity contribution in [3.63, 3.8) is 0 Å². The van der Waals surface area contributed by atoms with Gasteiger partial charge in [0.05, 0.1) is 5.92 Å². The summed E-state index contributed by atoms with van der Waals surface area (Å²) in [5.41, 5.74) is 1.09. The van der Waals surface area contributed by atoms with E-state index in [0.29, 0.717) is 6.42 Å². The van der Waals surface area contributed by atoms with Crippen molar-refractivity contribution in [2.24, 2.45) is 11.8 Å². The molecule has 0 radical (unpaired) electrons. The van der Waals surface area contributed by atoms with E-state index in [9.17, 15) is 9.90 Å². The van der Waals surface area contributed by atoms with E-state index in [0.717, 1.165) is 5.56 Å². The molecule has 0 spiro atoms. The summed E-state index contributed by atoms with van der Waals surface area (Å²) < 4.78 is 0. The quantitative estimate of drug-likeness (QED) is 0.886. The topological polar surface area (TPSA) is 37.3 Å². The molecule has 2 nitrogen and oxygen atoms in total. The molecule has 1 N–H and O–H groups in total. The highest BCUT2D eigenvalue weighted by molar-refractivity contribution is 5.83. The Kier molecular flexibility index (Phi) is 3.66. The van der Waals surface area contributed by atoms with Crippen molar-refractivity contribution in [2.75, 3.05) is 0 Å². The number of fused-ring (bicyclic) bond motifs is 1. The smallest absolute Gasteiger partial charge is 0.307 e. The third-order valence-electron chi connectivity index (χ3n) is 3.39. The molecule has 2 aromatic rings. The maximum atomic E-state index is 11.2. The van der Waals surface area contributed by atoms with Crippen molar-refractivity contribution < 1.29 is 9.90 Å². The molecule has 0 saturated heterocycles. The van der Waals surface area contributed by atoms with E-state index in [2.05, 4.69) is 24.3 Å². The van der Waals surface area contributed by atoms with Gasteiger partial charge in [0.1, 0.15) is 0 Å². The lowest BCUT2D eigenvalue weighted by Gasteiger charge is -2.16. The van der Waals surface area contributed by atoms with Crippen molar-refractivity contribution in [3.05, 3.63) is 48.0 Å². The Labute approximate surface area is 107 Å². The van der Waals surface area contributed by atoms with E-state index in [1.54, 1.807) is 0 Å². The number of carbonyl (C=O) groups is 1. The van der Waals surface area contributed by atoms with E-state index in [1.807, 2.05) is 32.0 Å². The second-order valence-corrected chi connectivity index (χ2v) is 5.07. The Morgan fingerprint density at radius 1 is 1.11 bits per heavy atom. The van der Waals surface area contributed by atoms with Gasteiger partial charge in [-0.15, -0.1) is 0 Å². The van der Waals surface area contributed by atoms with Crippen LogP contribution < -0.4 is 0 Å². The molecule has 2 heteroatoms. The summed E-state index contributed by atoms with van der Waals surface area (Å²) >= 11 is 0. The standard InChI is InChI=1S/C16H18O2/c1-11(2)15(16(17)18)10-12-7-8-13-5-3-4-6-14(13)9-12/h3-9,11,15H,10H2,1-2H3,(H,17,18). The first-order chi connectivity index (χ1) is 8.58. The van der Waals surface area contributed by atoms with Gasteiger partial charge in [-0.25, -0.2) is 0 Å². The zero-order valence-corrected chi connectivity index (χ0v) is 10.8. The van der Waals surface area contributed by atoms with Gasteiger partial charge in [-0.1, -0.05) is 56.3 Å². The Morgan fingerprint density at radius 3 is 2.39 bits per heavy atom. The van der Waals surface area contributed by atoms with Gasteiger partial charge in [-0.3, -0.25) is 4.79 Å². The summed E-state index contributed by atoms with van der Waals surface area (Å²) in [6, 6.07) is 14.3. The average molecular weight is 242 g/mol. The molecule has 1 atom stereocenters. The summed E-state index contributed by atoms with van der Waals surface area (Å²) in [4.78, 5) is 11.2. The van der Waals surface area contributed by atoms with Gasteiger partial charge in [0.2, 0.25) is 0 Å². The van der Waals surface area contributed by atoms with Crippen molar-refractivity contribution in [1.29, 1.82) is 0 Å². The molecule has 0 aliphatic carbocycles. The van der Waals surface area contributed by atoms with Crippen molar-refractivity contribution in [1.82, 2.24) is 0 Å². The van der Waals surface area contributed by atoms with E-state index >= 15 is 0 Å². The third-order valence-corrected chi connectivity index (χ3v) is 3.39. The highest BCUT2D eigenvalue weighted by atomic mass is 16.4. The van der Waals surface area contributed by atoms with Gasteiger partial charge >= 0.3 is 5.97 Å². The predicted octanol–water partition coefficient (Wildman–Crippen LogP) is 3.74. The van der Waals surface area contributed by atoms with E-state index in [-0.39, 0.29) is 11.8 Å². The second-order valence-electron chi connectivity index (χ2n) is 5.07. The number of carboxylic acid groups (broad SMARTS) is 1. The highest BCUT2D eigenvalue weighted by Crippen LogP contribution is 2.21. The Bertz CT molecular complexity index is 558. The average Bonchev–Trinajstić information content (AvgIpc) is 2.35. The predicted molar refractivity (Wildman–Crippen MR) is 73.6 cm³/mol. The zero-order valence-electron chi connectivity index (χ0n) is 10.8. The van der Waals surface area contributed by atoms with Gasteiger partial charge in [0.15, 0.2) is 0 Å². The minimum atomic E-state index is -0.710. The van der Waals surface area contributed by atoms with E-state index < -0.39 is 5.97 Å². The van der Waals surface area contributed by atoms with Crippen LogP contribution >= 0.6 is 0 Å². The third kappa shape index (κ3) is 2.70. The molecule has 0 heterocycles. The van der Waals surface area contributed by atoms with Crippen LogP contribution in [-0.4, -0.2) is 11.1 Å². The van der Waals surface area contributed by atoms with E-state index in [4.69, 9.17) is 0 Å². The number of carboxylic acids is 1. The number of rotatable bonds is 4. The molecule has 0 saturated carbocycles. The van der Waals surface area contributed by atoms with Gasteiger partial charge in [0.25, 0.3) is 0 Å². The molecule has 0 aliphatic rings. The molecule has 0 bridgehead atoms. The largest absolute Gasteiger partial charge is 0.481 e. The van der Waals surface area contributed by atoms with Crippen LogP contribution in [0.1, 0.15) is 19.4 Å². The van der Waals surface area contributed by atoms with Gasteiger partial charge < -0.3 is 5.11 Å². The van der Waals surface area contributed by atoms with Crippen LogP contribution in [-0.2, 0) is 11.2 Å². The first-order valence-electron chi connectivity index (χ1n) is 6.28. The Balaban J connectivity index is 2.28. The number of hydrogen-bond donors (Lipinski definition) is 1. The number of benzene rings is 2. The minimum absolute atomic E-state index is 0.147. The second kappa shape index (κ2) is 5.21. The normalized spacial score (nSPS) is 12.8. The molecule has 94 valence electrons. The van der Waals surface area contributed by atoms with Crippen LogP contribution in [0.25, 0.3) is 10.8 Å². The van der Waals surface area contributed by atoms with Crippen LogP contribution in [0.4, 0.5) is 0 Å². The fourth-order valence-electron chi connectivity index (χ4n) is 2.23. The molecular weight excluding hydrogens is 224 g/mol. The molecule has 2 aromatic carbocycles. The van der Waals surface area contributed by atoms with Crippen LogP contribution in [0.5, 0.6) is 0 Å². The first kappa shape index (κ1) is 12.6. The summed E-state index contributed by atoms with van der Waals surface area (Å²) in [7, 11) is 0. The van der Waals surface area contributed by atoms with Crippen LogP contribution in [0.15, 0.2) is 42.5 Å². The van der Waals surface area contributed by atoms with Crippen molar-refractivity contribution in [2.45, 2.75) is 20.3 Å². The molecule has 0 amide bonds. The summed E-state index contributed by atoms with van der Waals surface area (Å²) in [6.07, 6.45) is 0.595. The van der Waals surface area contributed by atoms with E-state index in [1.165, 1.54) is 10.8 Å². The molecular formula is C16H18O2.